The molecule has 0 radical (unpaired) electrons. The molecule has 2 fully saturated rings. The summed E-state index contributed by atoms with van der Waals surface area (Å²) in [7, 11) is -3.40. The van der Waals surface area contributed by atoms with Crippen molar-refractivity contribution < 1.29 is 32.6 Å². The molecule has 0 spiro atoms. The number of piperidine rings is 2. The van der Waals surface area contributed by atoms with Crippen molar-refractivity contribution in [3.05, 3.63) is 76.2 Å². The summed E-state index contributed by atoms with van der Waals surface area (Å²) in [6.45, 7) is 3.94. The molecule has 9 nitrogen and oxygen atoms in total. The molecule has 0 bridgehead atoms. The third-order valence-corrected chi connectivity index (χ3v) is 11.0. The highest BCUT2D eigenvalue weighted by molar-refractivity contribution is 7.88. The van der Waals surface area contributed by atoms with Gasteiger partial charge in [0.25, 0.3) is 0 Å². The first-order chi connectivity index (χ1) is 20.2. The molecule has 3 aromatic rings. The van der Waals surface area contributed by atoms with Crippen LogP contribution in [-0.4, -0.2) is 68.7 Å². The van der Waals surface area contributed by atoms with Gasteiger partial charge in [-0.25, -0.2) is 22.3 Å². The summed E-state index contributed by atoms with van der Waals surface area (Å²) in [6, 6.07) is 17.2. The van der Waals surface area contributed by atoms with E-state index in [1.807, 2.05) is 48.5 Å². The maximum absolute atomic E-state index is 13.0. The fraction of sp³-hybridized carbons (Fsp3) is 0.419. The lowest BCUT2D eigenvalue weighted by Gasteiger charge is -2.31. The van der Waals surface area contributed by atoms with Gasteiger partial charge in [0.15, 0.2) is 11.5 Å². The van der Waals surface area contributed by atoms with Gasteiger partial charge in [-0.2, -0.15) is 0 Å². The summed E-state index contributed by atoms with van der Waals surface area (Å²) in [5.74, 6) is -1.25. The van der Waals surface area contributed by atoms with Gasteiger partial charge in [0.05, 0.1) is 5.75 Å². The second kappa shape index (κ2) is 13.4. The molecule has 0 atom stereocenters. The second-order valence-corrected chi connectivity index (χ2v) is 13.8. The quantitative estimate of drug-likeness (QED) is 0.313. The molecule has 0 saturated carbocycles. The van der Waals surface area contributed by atoms with E-state index in [4.69, 9.17) is 9.47 Å². The number of hydrogen-bond donors (Lipinski definition) is 2. The Morgan fingerprint density at radius 3 is 2.43 bits per heavy atom. The zero-order valence-corrected chi connectivity index (χ0v) is 25.2. The van der Waals surface area contributed by atoms with Crippen LogP contribution in [0.25, 0.3) is 10.4 Å². The smallest absolute Gasteiger partial charge is 0.349 e. The van der Waals surface area contributed by atoms with Crippen molar-refractivity contribution in [2.24, 2.45) is 0 Å². The molecule has 42 heavy (non-hydrogen) atoms. The van der Waals surface area contributed by atoms with Crippen molar-refractivity contribution in [1.29, 1.82) is 0 Å². The number of nitrogens with one attached hydrogen (secondary N) is 1. The highest BCUT2D eigenvalue weighted by atomic mass is 32.2. The van der Waals surface area contributed by atoms with Crippen LogP contribution in [0.4, 0.5) is 0 Å². The second-order valence-electron chi connectivity index (χ2n) is 10.8. The van der Waals surface area contributed by atoms with Crippen LogP contribution in [0.15, 0.2) is 54.6 Å². The molecule has 11 heteroatoms. The average molecular weight is 613 g/mol. The number of carboxylic acid groups (broad SMARTS) is 1. The monoisotopic (exact) mass is 612 g/mol. The van der Waals surface area contributed by atoms with E-state index in [-0.39, 0.29) is 35.0 Å². The zero-order valence-electron chi connectivity index (χ0n) is 23.6. The Bertz CT molecular complexity index is 1510. The Morgan fingerprint density at radius 2 is 1.74 bits per heavy atom. The predicted molar refractivity (Wildman–Crippen MR) is 162 cm³/mol. The number of hydrogen-bond acceptors (Lipinski definition) is 8. The van der Waals surface area contributed by atoms with E-state index in [0.717, 1.165) is 58.8 Å². The van der Waals surface area contributed by atoms with Crippen molar-refractivity contribution in [3.8, 4) is 16.2 Å². The molecule has 5 rings (SSSR count). The van der Waals surface area contributed by atoms with Crippen LogP contribution in [0, 0.1) is 6.92 Å². The summed E-state index contributed by atoms with van der Waals surface area (Å²) >= 11 is 1.12. The number of sulfonamides is 1. The van der Waals surface area contributed by atoms with Gasteiger partial charge in [-0.3, -0.25) is 0 Å². The molecular formula is C31H36N2O7S2. The highest BCUT2D eigenvalue weighted by Gasteiger charge is 2.30. The summed E-state index contributed by atoms with van der Waals surface area (Å²) in [5, 5.41) is 13.1. The molecule has 2 N–H and O–H groups in total. The SMILES string of the molecule is Cc1c(-c2cccc(C3CCN(S(=O)(=O)Cc4ccccc4)CC3)c2)sc(C(=O)O)c1OCC(=O)OC1CCNCC1. The van der Waals surface area contributed by atoms with Gasteiger partial charge in [0.1, 0.15) is 11.9 Å². The summed E-state index contributed by atoms with van der Waals surface area (Å²) in [4.78, 5) is 25.3. The first-order valence-electron chi connectivity index (χ1n) is 14.2. The largest absolute Gasteiger partial charge is 0.480 e. The van der Waals surface area contributed by atoms with Crippen LogP contribution in [0.2, 0.25) is 0 Å². The number of nitrogens with zero attached hydrogens (tertiary/aromatic N) is 1. The molecule has 2 aliphatic heterocycles. The van der Waals surface area contributed by atoms with Crippen molar-refractivity contribution in [1.82, 2.24) is 9.62 Å². The number of benzene rings is 2. The highest BCUT2D eigenvalue weighted by Crippen LogP contribution is 2.42. The van der Waals surface area contributed by atoms with E-state index < -0.39 is 22.0 Å². The van der Waals surface area contributed by atoms with Crippen molar-refractivity contribution >= 4 is 33.3 Å². The molecule has 0 unspecified atom stereocenters. The lowest BCUT2D eigenvalue weighted by molar-refractivity contribution is -0.152. The molecule has 0 aliphatic carbocycles. The standard InChI is InChI=1S/C31H36N2O7S2/c1-21-28(39-19-27(34)40-26-10-14-32-15-11-26)30(31(35)36)41-29(21)25-9-5-8-24(18-25)23-12-16-33(17-13-23)42(37,38)20-22-6-3-2-4-7-22/h2-9,18,23,26,32H,10-17,19-20H2,1H3,(H,35,36). The van der Waals surface area contributed by atoms with E-state index in [1.165, 1.54) is 0 Å². The summed E-state index contributed by atoms with van der Waals surface area (Å²) < 4.78 is 38.8. The minimum atomic E-state index is -3.40. The van der Waals surface area contributed by atoms with Gasteiger partial charge < -0.3 is 19.9 Å². The molecule has 2 aliphatic rings. The van der Waals surface area contributed by atoms with Crippen LogP contribution in [0.5, 0.6) is 5.75 Å². The van der Waals surface area contributed by atoms with Gasteiger partial charge in [-0.05, 0) is 68.3 Å². The number of aromatic carboxylic acids is 1. The van der Waals surface area contributed by atoms with Crippen LogP contribution < -0.4 is 10.1 Å². The van der Waals surface area contributed by atoms with Gasteiger partial charge in [-0.1, -0.05) is 54.6 Å². The van der Waals surface area contributed by atoms with Crippen LogP contribution in [0.1, 0.15) is 58.0 Å². The predicted octanol–water partition coefficient (Wildman–Crippen LogP) is 4.81. The lowest BCUT2D eigenvalue weighted by Crippen LogP contribution is -2.38. The van der Waals surface area contributed by atoms with Crippen molar-refractivity contribution in [3.63, 3.8) is 0 Å². The molecule has 2 saturated heterocycles. The average Bonchev–Trinajstić information content (AvgIpc) is 3.33. The minimum absolute atomic E-state index is 0.00224. The van der Waals surface area contributed by atoms with Gasteiger partial charge in [-0.15, -0.1) is 11.3 Å². The van der Waals surface area contributed by atoms with Gasteiger partial charge in [0.2, 0.25) is 10.0 Å². The lowest BCUT2D eigenvalue weighted by atomic mass is 9.89. The first-order valence-corrected chi connectivity index (χ1v) is 16.7. The van der Waals surface area contributed by atoms with E-state index in [1.54, 1.807) is 11.2 Å². The number of rotatable bonds is 10. The van der Waals surface area contributed by atoms with Crippen molar-refractivity contribution in [2.45, 2.75) is 50.4 Å². The first kappa shape index (κ1) is 30.2. The summed E-state index contributed by atoms with van der Waals surface area (Å²) in [6.07, 6.45) is 2.74. The number of esters is 1. The van der Waals surface area contributed by atoms with Crippen LogP contribution in [-0.2, 0) is 25.3 Å². The topological polar surface area (TPSA) is 122 Å². The number of carboxylic acids is 1. The Hall–Kier alpha value is -3.25. The maximum Gasteiger partial charge on any atom is 0.349 e. The zero-order chi connectivity index (χ0) is 29.7. The van der Waals surface area contributed by atoms with Crippen molar-refractivity contribution in [2.75, 3.05) is 32.8 Å². The molecule has 3 heterocycles. The third kappa shape index (κ3) is 7.20. The van der Waals surface area contributed by atoms with E-state index >= 15 is 0 Å². The number of carbonyl (C=O) groups excluding carboxylic acids is 1. The molecule has 0 amide bonds. The third-order valence-electron chi connectivity index (χ3n) is 7.86. The fourth-order valence-corrected chi connectivity index (χ4v) is 8.28. The van der Waals surface area contributed by atoms with E-state index in [2.05, 4.69) is 11.4 Å². The molecule has 1 aromatic heterocycles. The Morgan fingerprint density at radius 1 is 1.02 bits per heavy atom. The van der Waals surface area contributed by atoms with Crippen LogP contribution >= 0.6 is 11.3 Å². The normalized spacial score (nSPS) is 17.2. The van der Waals surface area contributed by atoms with E-state index in [0.29, 0.717) is 31.5 Å². The number of carbonyl (C=O) groups is 2. The Labute approximate surface area is 250 Å². The maximum atomic E-state index is 13.0. The van der Waals surface area contributed by atoms with Gasteiger partial charge in [0, 0.05) is 23.5 Å². The number of thiophene rings is 1. The van der Waals surface area contributed by atoms with E-state index in [9.17, 15) is 23.1 Å². The molecular weight excluding hydrogens is 576 g/mol. The molecule has 224 valence electrons. The Balaban J connectivity index is 1.26. The van der Waals surface area contributed by atoms with Gasteiger partial charge >= 0.3 is 11.9 Å². The fourth-order valence-electron chi connectivity index (χ4n) is 5.63. The van der Waals surface area contributed by atoms with Crippen LogP contribution in [0.3, 0.4) is 0 Å². The number of ether oxygens (including phenoxy) is 2. The molecule has 2 aromatic carbocycles. The summed E-state index contributed by atoms with van der Waals surface area (Å²) in [5.41, 5.74) is 3.39. The minimum Gasteiger partial charge on any atom is -0.480 e. The Kier molecular flexibility index (Phi) is 9.62.